The second kappa shape index (κ2) is 23.7. The summed E-state index contributed by atoms with van der Waals surface area (Å²) in [6.07, 6.45) is 0. The summed E-state index contributed by atoms with van der Waals surface area (Å²) in [5.41, 5.74) is 25.5. The van der Waals surface area contributed by atoms with E-state index in [-0.39, 0.29) is 0 Å². The van der Waals surface area contributed by atoms with Gasteiger partial charge in [0.05, 0.1) is 49.7 Å². The van der Waals surface area contributed by atoms with Crippen molar-refractivity contribution in [3.8, 4) is 107 Å². The van der Waals surface area contributed by atoms with Gasteiger partial charge in [0, 0.05) is 65.6 Å². The molecule has 0 radical (unpaired) electrons. The summed E-state index contributed by atoms with van der Waals surface area (Å²) >= 11 is 0. The van der Waals surface area contributed by atoms with Crippen LogP contribution in [0.5, 0.6) is 0 Å². The highest BCUT2D eigenvalue weighted by molar-refractivity contribution is 6.16. The van der Waals surface area contributed by atoms with Crippen molar-refractivity contribution >= 4 is 87.2 Å². The molecule has 0 spiro atoms. The Balaban J connectivity index is 0.869. The summed E-state index contributed by atoms with van der Waals surface area (Å²) in [5, 5.41) is 21.3. The lowest BCUT2D eigenvalue weighted by atomic mass is 9.76. The minimum absolute atomic E-state index is 0.599. The van der Waals surface area contributed by atoms with E-state index >= 15 is 0 Å². The van der Waals surface area contributed by atoms with Crippen molar-refractivity contribution in [2.45, 2.75) is 0 Å². The van der Waals surface area contributed by atoms with E-state index in [1.165, 1.54) is 32.6 Å². The number of fused-ring (bicyclic) bond motifs is 12. The molecule has 0 fully saturated rings. The van der Waals surface area contributed by atoms with Crippen LogP contribution >= 0.6 is 0 Å². The van der Waals surface area contributed by atoms with Crippen molar-refractivity contribution < 1.29 is 0 Å². The molecule has 6 nitrogen and oxygen atoms in total. The maximum Gasteiger partial charge on any atom is 0.140 e. The van der Waals surface area contributed by atoms with E-state index in [0.717, 1.165) is 156 Å². The number of hydrogen-bond donors (Lipinski definition) is 0. The van der Waals surface area contributed by atoms with Crippen LogP contribution in [-0.2, 0) is 0 Å². The molecule has 15 aromatic carbocycles. The Morgan fingerprint density at radius 3 is 0.755 bits per heavy atom. The van der Waals surface area contributed by atoms with E-state index in [4.69, 9.17) is 4.98 Å². The average Bonchev–Trinajstić information content (AvgIpc) is 1.37. The topological polar surface area (TPSA) is 56.4 Å². The Hall–Kier alpha value is -13.9. The maximum absolute atomic E-state index is 12.0. The van der Waals surface area contributed by atoms with Gasteiger partial charge >= 0.3 is 0 Å². The molecule has 5 heterocycles. The van der Waals surface area contributed by atoms with E-state index in [1.54, 1.807) is 0 Å². The Kier molecular flexibility index (Phi) is 13.6. The number of pyridine rings is 1. The number of para-hydroxylation sites is 6. The van der Waals surface area contributed by atoms with Gasteiger partial charge in [-0.1, -0.05) is 255 Å². The fourth-order valence-corrected chi connectivity index (χ4v) is 16.4. The number of aromatic nitrogens is 5. The lowest BCUT2D eigenvalue weighted by molar-refractivity contribution is 1.01. The summed E-state index contributed by atoms with van der Waals surface area (Å²) in [6, 6.07) is 134. The van der Waals surface area contributed by atoms with E-state index in [9.17, 15) is 5.26 Å². The normalized spacial score (nSPS) is 11.7. The van der Waals surface area contributed by atoms with Crippen molar-refractivity contribution in [2.24, 2.45) is 0 Å². The predicted octanol–water partition coefficient (Wildman–Crippen LogP) is 25.0. The molecule has 474 valence electrons. The molecular weight excluding hydrogens is 1240 g/mol. The van der Waals surface area contributed by atoms with Crippen LogP contribution in [0.15, 0.2) is 364 Å². The highest BCUT2D eigenvalue weighted by Crippen LogP contribution is 2.54. The summed E-state index contributed by atoms with van der Waals surface area (Å²) in [6.45, 7) is 0. The molecule has 0 amide bonds. The molecule has 5 aromatic heterocycles. The van der Waals surface area contributed by atoms with E-state index < -0.39 is 0 Å². The second-order valence-corrected chi connectivity index (χ2v) is 26.4. The van der Waals surface area contributed by atoms with Crippen LogP contribution in [0.1, 0.15) is 5.56 Å². The van der Waals surface area contributed by atoms with Crippen LogP contribution in [0.2, 0.25) is 0 Å². The molecule has 0 unspecified atom stereocenters. The Bertz CT molecular complexity index is 6380. The zero-order valence-electron chi connectivity index (χ0n) is 55.3. The maximum atomic E-state index is 12.0. The lowest BCUT2D eigenvalue weighted by Gasteiger charge is -2.26. The average molecular weight is 1300 g/mol. The molecule has 0 saturated heterocycles. The van der Waals surface area contributed by atoms with E-state index in [0.29, 0.717) is 5.56 Å². The standard InChI is InChI=1S/C96H60N6/c97-61-81-92(62-27-7-1-8-28-62)94(64-31-11-3-12-32-64)96(95(65-33-13-4-14-34-65)93(81)63-29-9-2-10-30-63)70-59-90(101-84-45-25-21-41-75(84)79-57-68(49-53-88(79)101)66-47-51-86-77(55-66)73-39-19-23-43-82(73)99(86)71-35-15-5-16-36-71)98-91(60-70)102-85-46-26-22-42-76(85)80-58-69(50-54-89(80)102)67-48-52-87-78(56-67)74-40-20-24-44-83(74)100(87)72-37-17-6-18-38-72/h1-60H. The first kappa shape index (κ1) is 58.3. The van der Waals surface area contributed by atoms with Gasteiger partial charge in [0.1, 0.15) is 17.7 Å². The molecular formula is C96H60N6. The number of nitrogens with zero attached hydrogens (tertiary/aromatic N) is 6. The zero-order valence-corrected chi connectivity index (χ0v) is 55.3. The molecule has 6 heteroatoms. The first-order chi connectivity index (χ1) is 50.6. The molecule has 0 aliphatic rings. The summed E-state index contributed by atoms with van der Waals surface area (Å²) in [5.74, 6) is 1.49. The number of nitriles is 1. The van der Waals surface area contributed by atoms with Crippen molar-refractivity contribution in [1.29, 1.82) is 5.26 Å². The number of rotatable bonds is 11. The lowest BCUT2D eigenvalue weighted by Crippen LogP contribution is -2.06. The van der Waals surface area contributed by atoms with Gasteiger partial charge in [0.2, 0.25) is 0 Å². The highest BCUT2D eigenvalue weighted by atomic mass is 15.1. The highest BCUT2D eigenvalue weighted by Gasteiger charge is 2.31. The molecule has 0 N–H and O–H groups in total. The van der Waals surface area contributed by atoms with Crippen molar-refractivity contribution in [3.05, 3.63) is 370 Å². The molecule has 20 rings (SSSR count). The number of benzene rings is 15. The largest absolute Gasteiger partial charge is 0.309 e. The molecule has 0 atom stereocenters. The van der Waals surface area contributed by atoms with Crippen LogP contribution in [-0.4, -0.2) is 23.3 Å². The van der Waals surface area contributed by atoms with Crippen LogP contribution in [0.25, 0.3) is 188 Å². The molecule has 0 aliphatic heterocycles. The third-order valence-corrected chi connectivity index (χ3v) is 20.8. The van der Waals surface area contributed by atoms with E-state index in [2.05, 4.69) is 388 Å². The van der Waals surface area contributed by atoms with Crippen molar-refractivity contribution in [2.75, 3.05) is 0 Å². The first-order valence-corrected chi connectivity index (χ1v) is 34.7. The minimum Gasteiger partial charge on any atom is -0.309 e. The number of hydrogen-bond acceptors (Lipinski definition) is 2. The quantitative estimate of drug-likeness (QED) is 0.130. The minimum atomic E-state index is 0.599. The van der Waals surface area contributed by atoms with Gasteiger partial charge in [-0.05, 0) is 176 Å². The van der Waals surface area contributed by atoms with Gasteiger partial charge in [-0.2, -0.15) is 5.26 Å². The molecule has 102 heavy (non-hydrogen) atoms. The second-order valence-electron chi connectivity index (χ2n) is 26.4. The van der Waals surface area contributed by atoms with Crippen LogP contribution in [0.4, 0.5) is 0 Å². The van der Waals surface area contributed by atoms with E-state index in [1.807, 2.05) is 0 Å². The van der Waals surface area contributed by atoms with Gasteiger partial charge in [-0.25, -0.2) is 4.98 Å². The van der Waals surface area contributed by atoms with Crippen molar-refractivity contribution in [1.82, 2.24) is 23.3 Å². The predicted molar refractivity (Wildman–Crippen MR) is 424 cm³/mol. The van der Waals surface area contributed by atoms with Gasteiger partial charge in [0.15, 0.2) is 0 Å². The summed E-state index contributed by atoms with van der Waals surface area (Å²) < 4.78 is 9.50. The van der Waals surface area contributed by atoms with Gasteiger partial charge in [-0.3, -0.25) is 9.13 Å². The Morgan fingerprint density at radius 2 is 0.441 bits per heavy atom. The van der Waals surface area contributed by atoms with Gasteiger partial charge in [0.25, 0.3) is 0 Å². The SMILES string of the molecule is N#Cc1c(-c2ccccc2)c(-c2ccccc2)c(-c2cc(-n3c4ccccc4c4cc(-c5ccc6c(c5)c5ccccc5n6-c5ccccc5)ccc43)nc(-n3c4ccccc4c4cc(-c5ccc6c(c5)c5ccccc5n6-c5ccccc5)ccc43)c2)c(-c2ccccc2)c1-c1ccccc1. The fraction of sp³-hybridized carbons (Fsp3) is 0. The van der Waals surface area contributed by atoms with Crippen LogP contribution in [0, 0.1) is 11.3 Å². The Morgan fingerprint density at radius 1 is 0.196 bits per heavy atom. The van der Waals surface area contributed by atoms with Gasteiger partial charge in [-0.15, -0.1) is 0 Å². The zero-order chi connectivity index (χ0) is 67.4. The van der Waals surface area contributed by atoms with Crippen LogP contribution in [0.3, 0.4) is 0 Å². The Labute approximate surface area is 588 Å². The first-order valence-electron chi connectivity index (χ1n) is 34.7. The monoisotopic (exact) mass is 1300 g/mol. The molecule has 0 bridgehead atoms. The third-order valence-electron chi connectivity index (χ3n) is 20.8. The fourth-order valence-electron chi connectivity index (χ4n) is 16.4. The smallest absolute Gasteiger partial charge is 0.140 e. The third kappa shape index (κ3) is 9.23. The molecule has 0 saturated carbocycles. The molecule has 0 aliphatic carbocycles. The van der Waals surface area contributed by atoms with Crippen molar-refractivity contribution in [3.63, 3.8) is 0 Å². The summed E-state index contributed by atoms with van der Waals surface area (Å²) in [7, 11) is 0. The molecule has 20 aromatic rings. The summed E-state index contributed by atoms with van der Waals surface area (Å²) in [4.78, 5) is 6.06. The van der Waals surface area contributed by atoms with Gasteiger partial charge < -0.3 is 9.13 Å². The van der Waals surface area contributed by atoms with Crippen LogP contribution < -0.4 is 0 Å².